The van der Waals surface area contributed by atoms with Gasteiger partial charge in [-0.3, -0.25) is 0 Å². The Labute approximate surface area is 87.6 Å². The highest BCUT2D eigenvalue weighted by molar-refractivity contribution is 9.10. The normalized spacial score (nSPS) is 23.3. The smallest absolute Gasteiger partial charge is 0.257 e. The summed E-state index contributed by atoms with van der Waals surface area (Å²) >= 11 is 3.15. The highest BCUT2D eigenvalue weighted by Gasteiger charge is 2.59. The quantitative estimate of drug-likeness (QED) is 0.823. The molecule has 1 unspecified atom stereocenters. The fraction of sp³-hybridized carbons (Fsp3) is 0.500. The highest BCUT2D eigenvalue weighted by atomic mass is 79.9. The summed E-state index contributed by atoms with van der Waals surface area (Å²) < 4.78 is 30.9. The van der Waals surface area contributed by atoms with Crippen LogP contribution < -0.4 is 4.74 Å². The predicted octanol–water partition coefficient (Wildman–Crippen LogP) is 2.37. The van der Waals surface area contributed by atoms with Gasteiger partial charge in [-0.05, 0) is 15.9 Å². The van der Waals surface area contributed by atoms with Crippen molar-refractivity contribution < 1.29 is 13.5 Å². The number of aromatic nitrogens is 2. The summed E-state index contributed by atoms with van der Waals surface area (Å²) in [5.41, 5.74) is 0.321. The molecule has 0 spiro atoms. The predicted molar refractivity (Wildman–Crippen MR) is 48.6 cm³/mol. The molecule has 1 saturated carbocycles. The van der Waals surface area contributed by atoms with Crippen LogP contribution in [0, 0.1) is 0 Å². The topological polar surface area (TPSA) is 35.0 Å². The van der Waals surface area contributed by atoms with E-state index in [1.54, 1.807) is 0 Å². The maximum Gasteiger partial charge on any atom is 0.257 e. The Hall–Kier alpha value is -0.780. The summed E-state index contributed by atoms with van der Waals surface area (Å²) in [5, 5.41) is 0. The van der Waals surface area contributed by atoms with Crippen molar-refractivity contribution >= 4 is 15.9 Å². The van der Waals surface area contributed by atoms with Gasteiger partial charge in [0.15, 0.2) is 0 Å². The minimum absolute atomic E-state index is 0.147. The molecule has 2 rings (SSSR count). The molecule has 3 nitrogen and oxygen atoms in total. The van der Waals surface area contributed by atoms with Gasteiger partial charge in [0.25, 0.3) is 5.92 Å². The van der Waals surface area contributed by atoms with Crippen molar-refractivity contribution in [3.8, 4) is 5.88 Å². The summed E-state index contributed by atoms with van der Waals surface area (Å²) in [6.45, 7) is 0. The summed E-state index contributed by atoms with van der Waals surface area (Å²) in [6, 6.07) is 0. The van der Waals surface area contributed by atoms with Crippen LogP contribution in [0.1, 0.15) is 18.0 Å². The van der Waals surface area contributed by atoms with Gasteiger partial charge >= 0.3 is 0 Å². The van der Waals surface area contributed by atoms with Crippen molar-refractivity contribution in [1.82, 2.24) is 9.97 Å². The molecule has 6 heteroatoms. The summed E-state index contributed by atoms with van der Waals surface area (Å²) in [5.74, 6) is -3.13. The maximum atomic E-state index is 12.8. The summed E-state index contributed by atoms with van der Waals surface area (Å²) in [4.78, 5) is 7.62. The van der Waals surface area contributed by atoms with Gasteiger partial charge in [-0.1, -0.05) is 0 Å². The van der Waals surface area contributed by atoms with Gasteiger partial charge in [-0.15, -0.1) is 0 Å². The Morgan fingerprint density at radius 1 is 1.57 bits per heavy atom. The number of halogens is 3. The molecule has 0 N–H and O–H groups in total. The van der Waals surface area contributed by atoms with E-state index in [0.29, 0.717) is 10.2 Å². The molecule has 1 aromatic heterocycles. The van der Waals surface area contributed by atoms with E-state index < -0.39 is 11.8 Å². The van der Waals surface area contributed by atoms with Crippen molar-refractivity contribution in [2.75, 3.05) is 7.11 Å². The zero-order chi connectivity index (χ0) is 10.3. The first-order valence-corrected chi connectivity index (χ1v) is 4.78. The van der Waals surface area contributed by atoms with E-state index in [1.807, 2.05) is 0 Å². The zero-order valence-electron chi connectivity index (χ0n) is 7.30. The second-order valence-electron chi connectivity index (χ2n) is 3.10. The molecule has 0 aliphatic heterocycles. The molecule has 76 valence electrons. The Balaban J connectivity index is 2.36. The molecule has 0 amide bonds. The van der Waals surface area contributed by atoms with E-state index in [2.05, 4.69) is 25.9 Å². The monoisotopic (exact) mass is 264 g/mol. The molecule has 1 atom stereocenters. The third kappa shape index (κ3) is 1.47. The SMILES string of the molecule is COc1ncnc(C2CC2(F)F)c1Br. The van der Waals surface area contributed by atoms with Crippen LogP contribution >= 0.6 is 15.9 Å². The van der Waals surface area contributed by atoms with Gasteiger partial charge in [-0.25, -0.2) is 18.7 Å². The second-order valence-corrected chi connectivity index (χ2v) is 3.89. The number of ether oxygens (including phenoxy) is 1. The third-order valence-corrected chi connectivity index (χ3v) is 2.88. The first kappa shape index (κ1) is 9.76. The third-order valence-electron chi connectivity index (χ3n) is 2.13. The van der Waals surface area contributed by atoms with Crippen LogP contribution in [0.4, 0.5) is 8.78 Å². The average molecular weight is 265 g/mol. The molecule has 14 heavy (non-hydrogen) atoms. The maximum absolute atomic E-state index is 12.8. The molecule has 1 fully saturated rings. The number of hydrogen-bond donors (Lipinski definition) is 0. The van der Waals surface area contributed by atoms with E-state index >= 15 is 0 Å². The van der Waals surface area contributed by atoms with Crippen molar-refractivity contribution in [2.45, 2.75) is 18.3 Å². The second kappa shape index (κ2) is 3.12. The Morgan fingerprint density at radius 2 is 2.21 bits per heavy atom. The first-order valence-electron chi connectivity index (χ1n) is 3.98. The van der Waals surface area contributed by atoms with Crippen LogP contribution in [-0.2, 0) is 0 Å². The molecule has 1 aliphatic carbocycles. The standard InChI is InChI=1S/C8H7BrF2N2O/c1-14-7-5(9)6(12-3-13-7)4-2-8(4,10)11/h3-4H,2H2,1H3. The Morgan fingerprint density at radius 3 is 2.71 bits per heavy atom. The molecular formula is C8H7BrF2N2O. The van der Waals surface area contributed by atoms with Gasteiger partial charge in [0.05, 0.1) is 18.7 Å². The lowest BCUT2D eigenvalue weighted by Crippen LogP contribution is -2.00. The van der Waals surface area contributed by atoms with Gasteiger partial charge in [0.2, 0.25) is 5.88 Å². The molecule has 0 bridgehead atoms. The minimum atomic E-state index is -2.62. The number of methoxy groups -OCH3 is 1. The number of hydrogen-bond acceptors (Lipinski definition) is 3. The molecular weight excluding hydrogens is 258 g/mol. The number of alkyl halides is 2. The van der Waals surface area contributed by atoms with Crippen LogP contribution in [0.3, 0.4) is 0 Å². The van der Waals surface area contributed by atoms with Crippen LogP contribution in [0.2, 0.25) is 0 Å². The van der Waals surface area contributed by atoms with Gasteiger partial charge in [0, 0.05) is 6.42 Å². The average Bonchev–Trinajstić information content (AvgIpc) is 2.75. The molecule has 0 saturated heterocycles. The van der Waals surface area contributed by atoms with Gasteiger partial charge < -0.3 is 4.74 Å². The molecule has 1 aliphatic rings. The van der Waals surface area contributed by atoms with Crippen LogP contribution in [0.25, 0.3) is 0 Å². The van der Waals surface area contributed by atoms with Crippen LogP contribution in [0.15, 0.2) is 10.8 Å². The van der Waals surface area contributed by atoms with E-state index in [1.165, 1.54) is 13.4 Å². The lowest BCUT2D eigenvalue weighted by atomic mass is 10.3. The highest BCUT2D eigenvalue weighted by Crippen LogP contribution is 2.56. The van der Waals surface area contributed by atoms with Gasteiger partial charge in [-0.2, -0.15) is 0 Å². The van der Waals surface area contributed by atoms with Crippen LogP contribution in [-0.4, -0.2) is 23.0 Å². The largest absolute Gasteiger partial charge is 0.480 e. The van der Waals surface area contributed by atoms with E-state index in [0.717, 1.165) is 0 Å². The van der Waals surface area contributed by atoms with Crippen LogP contribution in [0.5, 0.6) is 5.88 Å². The zero-order valence-corrected chi connectivity index (χ0v) is 8.88. The fourth-order valence-electron chi connectivity index (χ4n) is 1.26. The molecule has 0 radical (unpaired) electrons. The lowest BCUT2D eigenvalue weighted by molar-refractivity contribution is 0.111. The van der Waals surface area contributed by atoms with Crippen molar-refractivity contribution in [3.05, 3.63) is 16.5 Å². The number of nitrogens with zero attached hydrogens (tertiary/aromatic N) is 2. The molecule has 1 heterocycles. The van der Waals surface area contributed by atoms with E-state index in [-0.39, 0.29) is 12.3 Å². The first-order chi connectivity index (χ1) is 6.56. The summed E-state index contributed by atoms with van der Waals surface area (Å²) in [7, 11) is 1.43. The van der Waals surface area contributed by atoms with Crippen molar-refractivity contribution in [3.63, 3.8) is 0 Å². The molecule has 1 aromatic rings. The van der Waals surface area contributed by atoms with Crippen molar-refractivity contribution in [2.24, 2.45) is 0 Å². The molecule has 0 aromatic carbocycles. The lowest BCUT2D eigenvalue weighted by Gasteiger charge is -2.05. The fourth-order valence-corrected chi connectivity index (χ4v) is 1.90. The number of rotatable bonds is 2. The van der Waals surface area contributed by atoms with E-state index in [4.69, 9.17) is 4.74 Å². The van der Waals surface area contributed by atoms with E-state index in [9.17, 15) is 8.78 Å². The summed E-state index contributed by atoms with van der Waals surface area (Å²) in [6.07, 6.45) is 1.08. The Bertz CT molecular complexity index is 372. The minimum Gasteiger partial charge on any atom is -0.480 e. The van der Waals surface area contributed by atoms with Gasteiger partial charge in [0.1, 0.15) is 10.8 Å². The Kier molecular flexibility index (Phi) is 2.17. The van der Waals surface area contributed by atoms with Crippen molar-refractivity contribution in [1.29, 1.82) is 0 Å².